The summed E-state index contributed by atoms with van der Waals surface area (Å²) >= 11 is 0. The van der Waals surface area contributed by atoms with Gasteiger partial charge in [0.05, 0.1) is 0 Å². The van der Waals surface area contributed by atoms with Gasteiger partial charge < -0.3 is 9.88 Å². The number of benzene rings is 2. The van der Waals surface area contributed by atoms with Crippen LogP contribution in [0.15, 0.2) is 42.5 Å². The summed E-state index contributed by atoms with van der Waals surface area (Å²) in [6.07, 6.45) is 7.13. The molecule has 1 aromatic heterocycles. The third kappa shape index (κ3) is 4.21. The van der Waals surface area contributed by atoms with Gasteiger partial charge in [0, 0.05) is 34.7 Å². The molecule has 1 N–H and O–H groups in total. The molecule has 1 amide bonds. The number of halogens is 1. The first-order chi connectivity index (χ1) is 14.0. The van der Waals surface area contributed by atoms with Crippen LogP contribution in [0, 0.1) is 19.7 Å². The maximum Gasteiger partial charge on any atom is 0.251 e. The highest BCUT2D eigenvalue weighted by molar-refractivity contribution is 5.99. The van der Waals surface area contributed by atoms with Gasteiger partial charge in [-0.2, -0.15) is 0 Å². The lowest BCUT2D eigenvalue weighted by Crippen LogP contribution is -2.34. The molecule has 1 heterocycles. The minimum atomic E-state index is -0.219. The third-order valence-corrected chi connectivity index (χ3v) is 6.35. The lowest BCUT2D eigenvalue weighted by Gasteiger charge is -2.16. The molecule has 1 aliphatic rings. The molecule has 4 heteroatoms. The highest BCUT2D eigenvalue weighted by Crippen LogP contribution is 2.27. The minimum absolute atomic E-state index is 0.0298. The molecular formula is C25H29FN2O. The van der Waals surface area contributed by atoms with Crippen LogP contribution in [0.4, 0.5) is 4.39 Å². The number of aromatic nitrogens is 1. The van der Waals surface area contributed by atoms with E-state index in [1.807, 2.05) is 30.3 Å². The standard InChI is InChI=1S/C25H29FN2O/c1-17-18(2)28(16-19-9-12-21(26)13-10-19)24-14-11-20(15-23(17)24)25(29)27-22-7-5-3-4-6-8-22/h9-15,22H,3-8,16H2,1-2H3,(H,27,29). The molecule has 0 bridgehead atoms. The van der Waals surface area contributed by atoms with Crippen molar-refractivity contribution >= 4 is 16.8 Å². The van der Waals surface area contributed by atoms with Crippen molar-refractivity contribution in [3.05, 3.63) is 70.7 Å². The molecule has 0 saturated heterocycles. The number of carbonyl (C=O) groups is 1. The topological polar surface area (TPSA) is 34.0 Å². The number of hydrogen-bond acceptors (Lipinski definition) is 1. The van der Waals surface area contributed by atoms with Crippen molar-refractivity contribution in [2.24, 2.45) is 0 Å². The monoisotopic (exact) mass is 392 g/mol. The number of aryl methyl sites for hydroxylation is 1. The van der Waals surface area contributed by atoms with Gasteiger partial charge in [-0.3, -0.25) is 4.79 Å². The van der Waals surface area contributed by atoms with E-state index in [0.29, 0.717) is 12.6 Å². The Hall–Kier alpha value is -2.62. The third-order valence-electron chi connectivity index (χ3n) is 6.35. The summed E-state index contributed by atoms with van der Waals surface area (Å²) in [5.74, 6) is -0.189. The van der Waals surface area contributed by atoms with E-state index in [1.165, 1.54) is 49.1 Å². The maximum atomic E-state index is 13.2. The molecular weight excluding hydrogens is 363 g/mol. The Kier molecular flexibility index (Phi) is 5.70. The Labute approximate surface area is 171 Å². The Morgan fingerprint density at radius 3 is 2.41 bits per heavy atom. The molecule has 0 unspecified atom stereocenters. The Balaban J connectivity index is 1.60. The number of carbonyl (C=O) groups excluding carboxylic acids is 1. The number of rotatable bonds is 4. The summed E-state index contributed by atoms with van der Waals surface area (Å²) in [5, 5.41) is 4.35. The SMILES string of the molecule is Cc1c(C)n(Cc2ccc(F)cc2)c2ccc(C(=O)NC3CCCCCC3)cc12. The van der Waals surface area contributed by atoms with Crippen molar-refractivity contribution in [1.82, 2.24) is 9.88 Å². The van der Waals surface area contributed by atoms with Crippen LogP contribution in [0.1, 0.15) is 65.7 Å². The van der Waals surface area contributed by atoms with Crippen LogP contribution in [0.3, 0.4) is 0 Å². The van der Waals surface area contributed by atoms with Gasteiger partial charge in [0.2, 0.25) is 0 Å². The zero-order chi connectivity index (χ0) is 20.4. The van der Waals surface area contributed by atoms with Crippen molar-refractivity contribution in [2.75, 3.05) is 0 Å². The van der Waals surface area contributed by atoms with Crippen molar-refractivity contribution in [1.29, 1.82) is 0 Å². The quantitative estimate of drug-likeness (QED) is 0.551. The van der Waals surface area contributed by atoms with Gasteiger partial charge in [0.15, 0.2) is 0 Å². The van der Waals surface area contributed by atoms with Crippen LogP contribution in [0.2, 0.25) is 0 Å². The Morgan fingerprint density at radius 1 is 1.03 bits per heavy atom. The molecule has 152 valence electrons. The van der Waals surface area contributed by atoms with Crippen molar-refractivity contribution in [3.8, 4) is 0 Å². The van der Waals surface area contributed by atoms with E-state index in [2.05, 4.69) is 23.7 Å². The molecule has 1 aliphatic carbocycles. The molecule has 3 aromatic rings. The molecule has 29 heavy (non-hydrogen) atoms. The first kappa shape index (κ1) is 19.7. The summed E-state index contributed by atoms with van der Waals surface area (Å²) in [5.41, 5.74) is 5.25. The molecule has 3 nitrogen and oxygen atoms in total. The first-order valence-electron chi connectivity index (χ1n) is 10.7. The molecule has 1 saturated carbocycles. The fourth-order valence-electron chi connectivity index (χ4n) is 4.46. The van der Waals surface area contributed by atoms with E-state index in [4.69, 9.17) is 0 Å². The molecule has 0 atom stereocenters. The van der Waals surface area contributed by atoms with Gasteiger partial charge in [-0.05, 0) is 68.1 Å². The number of nitrogens with zero attached hydrogens (tertiary/aromatic N) is 1. The van der Waals surface area contributed by atoms with E-state index < -0.39 is 0 Å². The van der Waals surface area contributed by atoms with Gasteiger partial charge in [-0.1, -0.05) is 37.8 Å². The summed E-state index contributed by atoms with van der Waals surface area (Å²) in [4.78, 5) is 12.8. The molecule has 2 aromatic carbocycles. The zero-order valence-electron chi connectivity index (χ0n) is 17.3. The van der Waals surface area contributed by atoms with Crippen molar-refractivity contribution < 1.29 is 9.18 Å². The number of hydrogen-bond donors (Lipinski definition) is 1. The second-order valence-corrected chi connectivity index (χ2v) is 8.32. The van der Waals surface area contributed by atoms with E-state index in [0.717, 1.165) is 34.9 Å². The smallest absolute Gasteiger partial charge is 0.251 e. The van der Waals surface area contributed by atoms with Crippen LogP contribution < -0.4 is 5.32 Å². The number of fused-ring (bicyclic) bond motifs is 1. The highest BCUT2D eigenvalue weighted by atomic mass is 19.1. The summed E-state index contributed by atoms with van der Waals surface area (Å²) in [6, 6.07) is 12.9. The fraction of sp³-hybridized carbons (Fsp3) is 0.400. The zero-order valence-corrected chi connectivity index (χ0v) is 17.3. The lowest BCUT2D eigenvalue weighted by molar-refractivity contribution is 0.0933. The van der Waals surface area contributed by atoms with Gasteiger partial charge >= 0.3 is 0 Å². The summed E-state index contributed by atoms with van der Waals surface area (Å²) in [6.45, 7) is 4.89. The van der Waals surface area contributed by atoms with Gasteiger partial charge in [-0.25, -0.2) is 4.39 Å². The molecule has 0 spiro atoms. The van der Waals surface area contributed by atoms with E-state index >= 15 is 0 Å². The average molecular weight is 393 g/mol. The molecule has 0 aliphatic heterocycles. The Bertz CT molecular complexity index is 1010. The Morgan fingerprint density at radius 2 is 1.72 bits per heavy atom. The number of nitrogens with one attached hydrogen (secondary N) is 1. The van der Waals surface area contributed by atoms with Gasteiger partial charge in [-0.15, -0.1) is 0 Å². The second kappa shape index (κ2) is 8.40. The van der Waals surface area contributed by atoms with Crippen LogP contribution in [-0.2, 0) is 6.54 Å². The predicted octanol–water partition coefficient (Wildman–Crippen LogP) is 5.90. The second-order valence-electron chi connectivity index (χ2n) is 8.32. The van der Waals surface area contributed by atoms with Crippen LogP contribution in [0.25, 0.3) is 10.9 Å². The minimum Gasteiger partial charge on any atom is -0.349 e. The fourth-order valence-corrected chi connectivity index (χ4v) is 4.46. The van der Waals surface area contributed by atoms with Crippen LogP contribution in [-0.4, -0.2) is 16.5 Å². The normalized spacial score (nSPS) is 15.4. The first-order valence-corrected chi connectivity index (χ1v) is 10.7. The highest BCUT2D eigenvalue weighted by Gasteiger charge is 2.18. The van der Waals surface area contributed by atoms with Crippen LogP contribution >= 0.6 is 0 Å². The van der Waals surface area contributed by atoms with E-state index in [9.17, 15) is 9.18 Å². The van der Waals surface area contributed by atoms with E-state index in [-0.39, 0.29) is 11.7 Å². The van der Waals surface area contributed by atoms with Crippen LogP contribution in [0.5, 0.6) is 0 Å². The molecule has 4 rings (SSSR count). The molecule has 0 radical (unpaired) electrons. The summed E-state index contributed by atoms with van der Waals surface area (Å²) < 4.78 is 15.5. The van der Waals surface area contributed by atoms with Crippen molar-refractivity contribution in [2.45, 2.75) is 65.0 Å². The predicted molar refractivity (Wildman–Crippen MR) is 116 cm³/mol. The number of amides is 1. The van der Waals surface area contributed by atoms with Gasteiger partial charge in [0.1, 0.15) is 5.82 Å². The van der Waals surface area contributed by atoms with E-state index in [1.54, 1.807) is 0 Å². The summed E-state index contributed by atoms with van der Waals surface area (Å²) in [7, 11) is 0. The van der Waals surface area contributed by atoms with Gasteiger partial charge in [0.25, 0.3) is 5.91 Å². The average Bonchev–Trinajstić information content (AvgIpc) is 2.90. The lowest BCUT2D eigenvalue weighted by atomic mass is 10.1. The maximum absolute atomic E-state index is 13.2. The molecule has 1 fully saturated rings. The van der Waals surface area contributed by atoms with Crippen molar-refractivity contribution in [3.63, 3.8) is 0 Å². The largest absolute Gasteiger partial charge is 0.349 e.